The van der Waals surface area contributed by atoms with Gasteiger partial charge in [-0.3, -0.25) is 0 Å². The number of halogens is 1. The van der Waals surface area contributed by atoms with Crippen LogP contribution < -0.4 is 0 Å². The van der Waals surface area contributed by atoms with Crippen LogP contribution in [0.2, 0.25) is 0 Å². The Balaban J connectivity index is 2.55. The number of hydrogen-bond acceptors (Lipinski definition) is 4. The van der Waals surface area contributed by atoms with Crippen molar-refractivity contribution in [3.63, 3.8) is 0 Å². The van der Waals surface area contributed by atoms with E-state index in [-0.39, 0.29) is 11.5 Å². The molecular formula is C9H8ClNO3S. The molecule has 0 spiro atoms. The highest BCUT2D eigenvalue weighted by Crippen LogP contribution is 2.22. The molecule has 15 heavy (non-hydrogen) atoms. The van der Waals surface area contributed by atoms with Crippen LogP contribution in [-0.4, -0.2) is 13.6 Å². The molecule has 1 aromatic carbocycles. The van der Waals surface area contributed by atoms with Crippen LogP contribution in [0.1, 0.15) is 11.3 Å². The summed E-state index contributed by atoms with van der Waals surface area (Å²) in [5.74, 6) is -0.0614. The number of benzene rings is 1. The van der Waals surface area contributed by atoms with E-state index in [9.17, 15) is 8.42 Å². The molecule has 0 aliphatic rings. The Kier molecular flexibility index (Phi) is 2.44. The topological polar surface area (TPSA) is 60.2 Å². The van der Waals surface area contributed by atoms with Crippen molar-refractivity contribution in [2.75, 3.05) is 0 Å². The van der Waals surface area contributed by atoms with Gasteiger partial charge >= 0.3 is 0 Å². The van der Waals surface area contributed by atoms with Crippen molar-refractivity contribution in [3.05, 3.63) is 29.5 Å². The Hall–Kier alpha value is -1.07. The Morgan fingerprint density at radius 1 is 1.47 bits per heavy atom. The van der Waals surface area contributed by atoms with Crippen molar-refractivity contribution < 1.29 is 12.9 Å². The fourth-order valence-electron chi connectivity index (χ4n) is 1.37. The zero-order valence-electron chi connectivity index (χ0n) is 7.90. The molecular weight excluding hydrogens is 238 g/mol. The minimum atomic E-state index is -3.61. The zero-order chi connectivity index (χ0) is 11.1. The number of rotatable bonds is 2. The van der Waals surface area contributed by atoms with E-state index >= 15 is 0 Å². The van der Waals surface area contributed by atoms with Gasteiger partial charge in [-0.1, -0.05) is 11.2 Å². The monoisotopic (exact) mass is 245 g/mol. The molecule has 0 saturated carbocycles. The van der Waals surface area contributed by atoms with Crippen LogP contribution in [0.25, 0.3) is 10.9 Å². The third-order valence-corrected chi connectivity index (χ3v) is 2.95. The summed E-state index contributed by atoms with van der Waals surface area (Å²) < 4.78 is 26.7. The molecule has 0 atom stereocenters. The summed E-state index contributed by atoms with van der Waals surface area (Å²) >= 11 is 0. The first-order chi connectivity index (χ1) is 6.96. The van der Waals surface area contributed by atoms with Gasteiger partial charge in [0.1, 0.15) is 11.3 Å². The van der Waals surface area contributed by atoms with Crippen molar-refractivity contribution in [3.8, 4) is 0 Å². The Morgan fingerprint density at radius 3 is 2.87 bits per heavy atom. The summed E-state index contributed by atoms with van der Waals surface area (Å²) in [6.45, 7) is 1.92. The maximum absolute atomic E-state index is 10.9. The second kappa shape index (κ2) is 3.50. The van der Waals surface area contributed by atoms with Gasteiger partial charge in [-0.25, -0.2) is 8.42 Å². The second-order valence-electron chi connectivity index (χ2n) is 3.31. The standard InChI is InChI=1S/C9H8ClNO3S/c1-6-2-3-7-8(4-6)11-14-9(7)5-15(10,12)13/h2-4H,5H2,1H3. The summed E-state index contributed by atoms with van der Waals surface area (Å²) in [7, 11) is 1.53. The van der Waals surface area contributed by atoms with Gasteiger partial charge in [-0.05, 0) is 24.6 Å². The lowest BCUT2D eigenvalue weighted by Crippen LogP contribution is -1.93. The molecule has 1 aromatic heterocycles. The van der Waals surface area contributed by atoms with Gasteiger partial charge in [0.15, 0.2) is 5.76 Å². The van der Waals surface area contributed by atoms with E-state index in [2.05, 4.69) is 5.16 Å². The average Bonchev–Trinajstić information content (AvgIpc) is 2.45. The molecule has 0 aliphatic heterocycles. The number of nitrogens with zero attached hydrogens (tertiary/aromatic N) is 1. The first kappa shape index (κ1) is 10.4. The van der Waals surface area contributed by atoms with Crippen molar-refractivity contribution in [2.45, 2.75) is 12.7 Å². The lowest BCUT2D eigenvalue weighted by Gasteiger charge is -1.93. The van der Waals surface area contributed by atoms with E-state index in [4.69, 9.17) is 15.2 Å². The molecule has 0 unspecified atom stereocenters. The van der Waals surface area contributed by atoms with Crippen LogP contribution in [0.3, 0.4) is 0 Å². The van der Waals surface area contributed by atoms with Gasteiger partial charge in [-0.2, -0.15) is 0 Å². The normalized spacial score (nSPS) is 12.1. The van der Waals surface area contributed by atoms with Crippen molar-refractivity contribution in [1.82, 2.24) is 5.16 Å². The predicted molar refractivity (Wildman–Crippen MR) is 57.2 cm³/mol. The number of fused-ring (bicyclic) bond motifs is 1. The molecule has 0 saturated heterocycles. The van der Waals surface area contributed by atoms with Crippen LogP contribution in [0.4, 0.5) is 0 Å². The third kappa shape index (κ3) is 2.30. The summed E-state index contributed by atoms with van der Waals surface area (Å²) in [6, 6.07) is 5.46. The van der Waals surface area contributed by atoms with Crippen LogP contribution >= 0.6 is 10.7 Å². The molecule has 1 heterocycles. The highest BCUT2D eigenvalue weighted by Gasteiger charge is 2.15. The molecule has 0 fully saturated rings. The summed E-state index contributed by atoms with van der Waals surface area (Å²) in [5, 5.41) is 4.45. The van der Waals surface area contributed by atoms with Gasteiger partial charge in [0.05, 0.1) is 0 Å². The molecule has 4 nitrogen and oxygen atoms in total. The largest absolute Gasteiger partial charge is 0.359 e. The predicted octanol–water partition coefficient (Wildman–Crippen LogP) is 2.20. The molecule has 6 heteroatoms. The smallest absolute Gasteiger partial charge is 0.240 e. The number of aryl methyl sites for hydroxylation is 1. The minimum Gasteiger partial charge on any atom is -0.359 e. The second-order valence-corrected chi connectivity index (χ2v) is 6.09. The van der Waals surface area contributed by atoms with Gasteiger partial charge in [-0.15, -0.1) is 0 Å². The highest BCUT2D eigenvalue weighted by atomic mass is 35.7. The summed E-state index contributed by atoms with van der Waals surface area (Å²) in [5.41, 5.74) is 1.68. The molecule has 0 aliphatic carbocycles. The SMILES string of the molecule is Cc1ccc2c(CS(=O)(=O)Cl)onc2c1. The maximum atomic E-state index is 10.9. The van der Waals surface area contributed by atoms with Crippen LogP contribution in [-0.2, 0) is 14.8 Å². The lowest BCUT2D eigenvalue weighted by atomic mass is 10.1. The fourth-order valence-corrected chi connectivity index (χ4v) is 2.19. The Bertz CT molecular complexity index is 603. The molecule has 2 aromatic rings. The Labute approximate surface area is 91.2 Å². The molecule has 0 bridgehead atoms. The molecule has 0 radical (unpaired) electrons. The van der Waals surface area contributed by atoms with E-state index in [1.165, 1.54) is 0 Å². The third-order valence-electron chi connectivity index (χ3n) is 2.01. The number of hydrogen-bond donors (Lipinski definition) is 0. The van der Waals surface area contributed by atoms with Crippen molar-refractivity contribution in [1.29, 1.82) is 0 Å². The zero-order valence-corrected chi connectivity index (χ0v) is 9.47. The maximum Gasteiger partial charge on any atom is 0.240 e. The summed E-state index contributed by atoms with van der Waals surface area (Å²) in [4.78, 5) is 0. The van der Waals surface area contributed by atoms with Gasteiger partial charge in [0.25, 0.3) is 0 Å². The summed E-state index contributed by atoms with van der Waals surface area (Å²) in [6.07, 6.45) is 0. The number of aromatic nitrogens is 1. The van der Waals surface area contributed by atoms with E-state index in [0.717, 1.165) is 5.56 Å². The first-order valence-electron chi connectivity index (χ1n) is 4.23. The van der Waals surface area contributed by atoms with Gasteiger partial charge < -0.3 is 4.52 Å². The lowest BCUT2D eigenvalue weighted by molar-refractivity contribution is 0.401. The van der Waals surface area contributed by atoms with Gasteiger partial charge in [0.2, 0.25) is 9.05 Å². The van der Waals surface area contributed by atoms with Crippen molar-refractivity contribution >= 4 is 30.6 Å². The fraction of sp³-hybridized carbons (Fsp3) is 0.222. The van der Waals surface area contributed by atoms with Crippen LogP contribution in [0, 0.1) is 6.92 Å². The quantitative estimate of drug-likeness (QED) is 0.761. The average molecular weight is 246 g/mol. The Morgan fingerprint density at radius 2 is 2.20 bits per heavy atom. The first-order valence-corrected chi connectivity index (χ1v) is 6.71. The molecule has 80 valence electrons. The van der Waals surface area contributed by atoms with Crippen LogP contribution in [0.5, 0.6) is 0 Å². The molecule has 2 rings (SSSR count). The van der Waals surface area contributed by atoms with Gasteiger partial charge in [0, 0.05) is 16.1 Å². The van der Waals surface area contributed by atoms with E-state index in [0.29, 0.717) is 10.9 Å². The van der Waals surface area contributed by atoms with E-state index in [1.807, 2.05) is 19.1 Å². The van der Waals surface area contributed by atoms with E-state index in [1.54, 1.807) is 6.07 Å². The minimum absolute atomic E-state index is 0.278. The molecule has 0 N–H and O–H groups in total. The van der Waals surface area contributed by atoms with E-state index < -0.39 is 9.05 Å². The highest BCUT2D eigenvalue weighted by molar-refractivity contribution is 8.13. The van der Waals surface area contributed by atoms with Crippen molar-refractivity contribution in [2.24, 2.45) is 0 Å². The van der Waals surface area contributed by atoms with Crippen LogP contribution in [0.15, 0.2) is 22.7 Å². The molecule has 0 amide bonds.